The smallest absolute Gasteiger partial charge is 0.367 e. The van der Waals surface area contributed by atoms with Crippen molar-refractivity contribution in [3.8, 4) is 6.07 Å². The highest BCUT2D eigenvalue weighted by Crippen LogP contribution is 2.38. The average molecular weight is 455 g/mol. The molecule has 0 radical (unpaired) electrons. The summed E-state index contributed by atoms with van der Waals surface area (Å²) in [7, 11) is -4.17. The Morgan fingerprint density at radius 2 is 1.57 bits per heavy atom. The fourth-order valence-corrected chi connectivity index (χ4v) is 3.58. The number of benzene rings is 1. The van der Waals surface area contributed by atoms with E-state index in [0.717, 1.165) is 6.42 Å². The second-order valence-electron chi connectivity index (χ2n) is 7.10. The van der Waals surface area contributed by atoms with Crippen molar-refractivity contribution in [2.24, 2.45) is 0 Å². The minimum atomic E-state index is -5.06. The first kappa shape index (κ1) is 23.9. The number of allylic oxidation sites excluding steroid dienone is 1. The first-order chi connectivity index (χ1) is 13.7. The molecule has 30 heavy (non-hydrogen) atoms. The Morgan fingerprint density at radius 3 is 1.90 bits per heavy atom. The van der Waals surface area contributed by atoms with Gasteiger partial charge < -0.3 is 10.6 Å². The zero-order valence-corrected chi connectivity index (χ0v) is 16.8. The molecule has 0 bridgehead atoms. The normalized spacial score (nSPS) is 16.5. The molecule has 2 N–H and O–H groups in total. The number of hydrogen-bond acceptors (Lipinski definition) is 5. The van der Waals surface area contributed by atoms with Crippen molar-refractivity contribution in [3.63, 3.8) is 0 Å². The highest BCUT2D eigenvalue weighted by Gasteiger charge is 2.37. The van der Waals surface area contributed by atoms with Crippen molar-refractivity contribution in [3.05, 3.63) is 40.1 Å². The molecular weight excluding hydrogens is 436 g/mol. The first-order valence-corrected chi connectivity index (χ1v) is 10.4. The van der Waals surface area contributed by atoms with Gasteiger partial charge in [0.25, 0.3) is 0 Å². The Hall–Kier alpha value is -2.42. The molecule has 1 aromatic carbocycles. The van der Waals surface area contributed by atoms with Gasteiger partial charge in [-0.15, -0.1) is 0 Å². The van der Waals surface area contributed by atoms with E-state index in [4.69, 9.17) is 0 Å². The van der Waals surface area contributed by atoms with Gasteiger partial charge >= 0.3 is 12.4 Å². The topological polar surface area (TPSA) is 82.0 Å². The van der Waals surface area contributed by atoms with Gasteiger partial charge in [0.2, 0.25) is 0 Å². The molecule has 0 amide bonds. The van der Waals surface area contributed by atoms with Gasteiger partial charge in [-0.3, -0.25) is 0 Å². The van der Waals surface area contributed by atoms with Gasteiger partial charge in [-0.05, 0) is 51.3 Å². The van der Waals surface area contributed by atoms with Crippen LogP contribution >= 0.6 is 0 Å². The van der Waals surface area contributed by atoms with E-state index < -0.39 is 55.0 Å². The summed E-state index contributed by atoms with van der Waals surface area (Å²) < 4.78 is 104. The van der Waals surface area contributed by atoms with Crippen molar-refractivity contribution in [1.82, 2.24) is 5.32 Å². The largest absolute Gasteiger partial charge is 0.416 e. The number of halogens is 6. The van der Waals surface area contributed by atoms with Crippen molar-refractivity contribution in [2.45, 2.75) is 56.8 Å². The van der Waals surface area contributed by atoms with Gasteiger partial charge in [-0.2, -0.15) is 31.6 Å². The van der Waals surface area contributed by atoms with Crippen LogP contribution in [0.1, 0.15) is 44.2 Å². The maximum atomic E-state index is 13.1. The third-order valence-corrected chi connectivity index (χ3v) is 6.65. The van der Waals surface area contributed by atoms with Crippen LogP contribution in [0.25, 0.3) is 0 Å². The van der Waals surface area contributed by atoms with E-state index in [1.807, 2.05) is 0 Å². The van der Waals surface area contributed by atoms with E-state index in [1.54, 1.807) is 0 Å². The van der Waals surface area contributed by atoms with E-state index in [1.165, 1.54) is 19.9 Å². The van der Waals surface area contributed by atoms with E-state index in [-0.39, 0.29) is 12.1 Å². The molecule has 12 heteroatoms. The molecule has 0 saturated heterocycles. The molecule has 0 unspecified atom stereocenters. The van der Waals surface area contributed by atoms with Crippen LogP contribution in [0.15, 0.2) is 28.9 Å². The molecule has 2 rings (SSSR count). The molecule has 1 aromatic rings. The quantitative estimate of drug-likeness (QED) is 0.476. The van der Waals surface area contributed by atoms with Gasteiger partial charge in [0.05, 0.1) is 16.4 Å². The molecule has 1 aliphatic rings. The SMILES string of the molecule is CC(C)S(=O)(=O)C(C#N)=C(Nc1cc(C(F)(F)F)cc(C(F)(F)F)c1)NC1CCC1. The fourth-order valence-electron chi connectivity index (χ4n) is 2.58. The number of nitriles is 1. The Morgan fingerprint density at radius 1 is 1.07 bits per heavy atom. The summed E-state index contributed by atoms with van der Waals surface area (Å²) in [5, 5.41) is 13.4. The summed E-state index contributed by atoms with van der Waals surface area (Å²) in [5.74, 6) is -0.441. The second-order valence-corrected chi connectivity index (χ2v) is 9.54. The van der Waals surface area contributed by atoms with Gasteiger partial charge in [0.15, 0.2) is 14.7 Å². The molecule has 1 fully saturated rings. The third-order valence-electron chi connectivity index (χ3n) is 4.54. The van der Waals surface area contributed by atoms with Crippen LogP contribution in [0, 0.1) is 11.3 Å². The highest BCUT2D eigenvalue weighted by atomic mass is 32.2. The second kappa shape index (κ2) is 8.37. The van der Waals surface area contributed by atoms with Crippen LogP contribution in [-0.4, -0.2) is 19.7 Å². The predicted octanol–water partition coefficient (Wildman–Crippen LogP) is 4.79. The highest BCUT2D eigenvalue weighted by molar-refractivity contribution is 7.96. The summed E-state index contributed by atoms with van der Waals surface area (Å²) in [6.45, 7) is 2.61. The maximum Gasteiger partial charge on any atom is 0.416 e. The van der Waals surface area contributed by atoms with Crippen LogP contribution in [0.4, 0.5) is 32.0 Å². The number of anilines is 1. The molecule has 5 nitrogen and oxygen atoms in total. The summed E-state index contributed by atoms with van der Waals surface area (Å²) in [6.07, 6.45) is -8.09. The van der Waals surface area contributed by atoms with Crippen LogP contribution in [0.2, 0.25) is 0 Å². The number of alkyl halides is 6. The van der Waals surface area contributed by atoms with Crippen molar-refractivity contribution >= 4 is 15.5 Å². The maximum absolute atomic E-state index is 13.1. The zero-order valence-electron chi connectivity index (χ0n) is 15.9. The van der Waals surface area contributed by atoms with Gasteiger partial charge in [0, 0.05) is 11.7 Å². The third kappa shape index (κ3) is 5.38. The predicted molar refractivity (Wildman–Crippen MR) is 97.5 cm³/mol. The van der Waals surface area contributed by atoms with Crippen molar-refractivity contribution in [2.75, 3.05) is 5.32 Å². The summed E-state index contributed by atoms with van der Waals surface area (Å²) >= 11 is 0. The number of sulfone groups is 1. The van der Waals surface area contributed by atoms with Gasteiger partial charge in [-0.25, -0.2) is 8.42 Å². The molecule has 0 heterocycles. The van der Waals surface area contributed by atoms with E-state index in [9.17, 15) is 40.0 Å². The molecule has 1 aliphatic carbocycles. The monoisotopic (exact) mass is 455 g/mol. The van der Waals surface area contributed by atoms with E-state index in [2.05, 4.69) is 10.6 Å². The Balaban J connectivity index is 2.62. The lowest BCUT2D eigenvalue weighted by Crippen LogP contribution is -2.38. The molecule has 1 saturated carbocycles. The minimum Gasteiger partial charge on any atom is -0.367 e. The first-order valence-electron chi connectivity index (χ1n) is 8.87. The number of hydrogen-bond donors (Lipinski definition) is 2. The zero-order chi connectivity index (χ0) is 22.9. The molecule has 0 aromatic heterocycles. The number of nitrogens with zero attached hydrogens (tertiary/aromatic N) is 1. The van der Waals surface area contributed by atoms with E-state index >= 15 is 0 Å². The van der Waals surface area contributed by atoms with E-state index in [0.29, 0.717) is 25.0 Å². The summed E-state index contributed by atoms with van der Waals surface area (Å²) in [6, 6.07) is 2.06. The summed E-state index contributed by atoms with van der Waals surface area (Å²) in [5.41, 5.74) is -3.77. The lowest BCUT2D eigenvalue weighted by Gasteiger charge is -2.30. The molecule has 166 valence electrons. The molecule has 0 aliphatic heterocycles. The molecular formula is C18H19F6N3O2S. The van der Waals surface area contributed by atoms with Gasteiger partial charge in [0.1, 0.15) is 11.9 Å². The van der Waals surface area contributed by atoms with Crippen LogP contribution in [-0.2, 0) is 22.2 Å². The number of nitrogens with one attached hydrogen (secondary N) is 2. The summed E-state index contributed by atoms with van der Waals surface area (Å²) in [4.78, 5) is -0.782. The Bertz CT molecular complexity index is 939. The number of rotatable bonds is 6. The Kier molecular flexibility index (Phi) is 6.66. The lowest BCUT2D eigenvalue weighted by molar-refractivity contribution is -0.143. The minimum absolute atomic E-state index is 0.0377. The Labute approximate surface area is 169 Å². The fraction of sp³-hybridized carbons (Fsp3) is 0.500. The van der Waals surface area contributed by atoms with Crippen LogP contribution < -0.4 is 10.6 Å². The molecule has 0 atom stereocenters. The van der Waals surface area contributed by atoms with Crippen molar-refractivity contribution in [1.29, 1.82) is 5.26 Å². The lowest BCUT2D eigenvalue weighted by atomic mass is 9.93. The van der Waals surface area contributed by atoms with Crippen molar-refractivity contribution < 1.29 is 34.8 Å². The van der Waals surface area contributed by atoms with Crippen LogP contribution in [0.5, 0.6) is 0 Å². The average Bonchev–Trinajstić information content (AvgIpc) is 2.56. The van der Waals surface area contributed by atoms with Gasteiger partial charge in [-0.1, -0.05) is 0 Å². The molecule has 0 spiro atoms. The van der Waals surface area contributed by atoms with Crippen LogP contribution in [0.3, 0.4) is 0 Å². The standard InChI is InChI=1S/C18H19F6N3O2S/c1-10(2)30(28,29)15(9-25)16(26-13-4-3-5-13)27-14-7-11(17(19,20)21)6-12(8-14)18(22,23)24/h6-8,10,13,26-27H,3-5H2,1-2H3.